The van der Waals surface area contributed by atoms with Crippen molar-refractivity contribution in [2.75, 3.05) is 0 Å². The van der Waals surface area contributed by atoms with E-state index >= 15 is 0 Å². The molecule has 0 saturated carbocycles. The minimum Gasteiger partial charge on any atom is -0.246 e. The number of allylic oxidation sites excluding steroid dienone is 1. The van der Waals surface area contributed by atoms with E-state index in [0.717, 1.165) is 0 Å². The Kier molecular flexibility index (Phi) is 3.99. The second-order valence-electron chi connectivity index (χ2n) is 2.21. The molecule has 1 N–H and O–H groups in total. The lowest BCUT2D eigenvalue weighted by Crippen LogP contribution is -2.55. The minimum atomic E-state index is -6.30. The van der Waals surface area contributed by atoms with Crippen LogP contribution in [-0.4, -0.2) is 23.2 Å². The fourth-order valence-electron chi connectivity index (χ4n) is 0.459. The van der Waals surface area contributed by atoms with Crippen molar-refractivity contribution in [1.29, 1.82) is 0 Å². The van der Waals surface area contributed by atoms with E-state index in [1.54, 1.807) is 0 Å². The third-order valence-corrected chi connectivity index (χ3v) is 1.46. The normalized spacial score (nSPS) is 15.7. The first kappa shape index (κ1) is 14.5. The second kappa shape index (κ2) is 4.14. The molecule has 0 aliphatic rings. The van der Waals surface area contributed by atoms with Crippen LogP contribution in [0.1, 0.15) is 0 Å². The molecule has 90 valence electrons. The summed E-state index contributed by atoms with van der Waals surface area (Å²) in [6.07, 6.45) is -5.96. The number of alkyl halides is 6. The summed E-state index contributed by atoms with van der Waals surface area (Å²) in [4.78, 5) is 1.88. The highest BCUT2D eigenvalue weighted by Gasteiger charge is 2.75. The van der Waals surface area contributed by atoms with Crippen LogP contribution in [0, 0.1) is 0 Å². The van der Waals surface area contributed by atoms with Gasteiger partial charge in [-0.15, -0.1) is 0 Å². The molecular weight excluding hydrogens is 260 g/mol. The zero-order valence-corrected chi connectivity index (χ0v) is 7.21. The van der Waals surface area contributed by atoms with E-state index in [1.807, 2.05) is 4.89 Å². The average Bonchev–Trinajstić information content (AvgIpc) is 2.15. The molecule has 0 aliphatic carbocycles. The van der Waals surface area contributed by atoms with Crippen LogP contribution >= 0.6 is 11.6 Å². The maximum absolute atomic E-state index is 12.3. The van der Waals surface area contributed by atoms with E-state index in [-0.39, 0.29) is 0 Å². The second-order valence-corrected chi connectivity index (χ2v) is 2.43. The van der Waals surface area contributed by atoms with Crippen LogP contribution in [-0.2, 0) is 4.89 Å². The highest BCUT2D eigenvalue weighted by molar-refractivity contribution is 6.25. The molecule has 0 atom stereocenters. The number of hydrogen-bond acceptors (Lipinski definition) is 2. The first-order valence-corrected chi connectivity index (χ1v) is 3.40. The van der Waals surface area contributed by atoms with Gasteiger partial charge < -0.3 is 0 Å². The molecule has 0 saturated heterocycles. The lowest BCUT2D eigenvalue weighted by Gasteiger charge is -2.28. The zero-order chi connectivity index (χ0) is 12.5. The van der Waals surface area contributed by atoms with Crippen LogP contribution in [0.5, 0.6) is 0 Å². The monoisotopic (exact) mass is 262 g/mol. The number of hydrogen-bond donors (Lipinski definition) is 1. The summed E-state index contributed by atoms with van der Waals surface area (Å²) in [6.45, 7) is 0. The van der Waals surface area contributed by atoms with Crippen LogP contribution < -0.4 is 0 Å². The zero-order valence-electron chi connectivity index (χ0n) is 6.46. The molecule has 0 unspecified atom stereocenters. The standard InChI is InChI=1S/C5H2ClF7O2/c6-1-2(7)3(8,9)4(10,11)5(12,13)15-14/h1,14H/b2-1-. The third-order valence-electron chi connectivity index (χ3n) is 1.27. The molecule has 0 bridgehead atoms. The van der Waals surface area contributed by atoms with Crippen LogP contribution in [0.4, 0.5) is 30.7 Å². The van der Waals surface area contributed by atoms with Gasteiger partial charge in [0, 0.05) is 5.54 Å². The van der Waals surface area contributed by atoms with E-state index in [1.165, 1.54) is 0 Å². The van der Waals surface area contributed by atoms with Gasteiger partial charge in [-0.25, -0.2) is 9.65 Å². The SMILES string of the molecule is OOC(F)(F)C(F)(F)C(F)(F)/C(F)=C/Cl. The fraction of sp³-hybridized carbons (Fsp3) is 0.600. The van der Waals surface area contributed by atoms with E-state index < -0.39 is 29.3 Å². The van der Waals surface area contributed by atoms with Crippen LogP contribution in [0.25, 0.3) is 0 Å². The molecule has 0 amide bonds. The summed E-state index contributed by atoms with van der Waals surface area (Å²) < 4.78 is 85.3. The van der Waals surface area contributed by atoms with E-state index in [2.05, 4.69) is 11.6 Å². The van der Waals surface area contributed by atoms with Crippen LogP contribution in [0.15, 0.2) is 11.4 Å². The Hall–Kier alpha value is -0.540. The van der Waals surface area contributed by atoms with Crippen molar-refractivity contribution in [3.63, 3.8) is 0 Å². The summed E-state index contributed by atoms with van der Waals surface area (Å²) in [5.74, 6) is -15.2. The predicted octanol–water partition coefficient (Wildman–Crippen LogP) is 3.39. The number of halogens is 8. The minimum absolute atomic E-state index is 0.638. The lowest BCUT2D eigenvalue weighted by molar-refractivity contribution is -0.487. The highest BCUT2D eigenvalue weighted by Crippen LogP contribution is 2.49. The van der Waals surface area contributed by atoms with Crippen molar-refractivity contribution < 1.29 is 40.9 Å². The first-order valence-electron chi connectivity index (χ1n) is 2.97. The van der Waals surface area contributed by atoms with Gasteiger partial charge in [-0.2, -0.15) is 31.2 Å². The molecule has 0 aromatic carbocycles. The van der Waals surface area contributed by atoms with Crippen molar-refractivity contribution in [3.05, 3.63) is 11.4 Å². The van der Waals surface area contributed by atoms with E-state index in [4.69, 9.17) is 5.26 Å². The number of rotatable bonds is 4. The average molecular weight is 263 g/mol. The van der Waals surface area contributed by atoms with Crippen LogP contribution in [0.2, 0.25) is 0 Å². The lowest BCUT2D eigenvalue weighted by atomic mass is 10.1. The van der Waals surface area contributed by atoms with Crippen LogP contribution in [0.3, 0.4) is 0 Å². The Bertz CT molecular complexity index is 264. The Labute approximate surface area is 82.8 Å². The van der Waals surface area contributed by atoms with Gasteiger partial charge in [0.05, 0.1) is 0 Å². The maximum Gasteiger partial charge on any atom is 0.451 e. The van der Waals surface area contributed by atoms with Gasteiger partial charge in [0.25, 0.3) is 0 Å². The highest BCUT2D eigenvalue weighted by atomic mass is 35.5. The largest absolute Gasteiger partial charge is 0.451 e. The molecule has 0 heterocycles. The van der Waals surface area contributed by atoms with E-state index in [0.29, 0.717) is 0 Å². The fourth-order valence-corrected chi connectivity index (χ4v) is 0.596. The van der Waals surface area contributed by atoms with E-state index in [9.17, 15) is 30.7 Å². The third kappa shape index (κ3) is 2.18. The Morgan fingerprint density at radius 3 is 1.80 bits per heavy atom. The molecule has 10 heteroatoms. The van der Waals surface area contributed by atoms with Gasteiger partial charge >= 0.3 is 18.0 Å². The molecule has 0 aromatic rings. The molecule has 15 heavy (non-hydrogen) atoms. The molecule has 0 radical (unpaired) electrons. The quantitative estimate of drug-likeness (QED) is 0.478. The van der Waals surface area contributed by atoms with Gasteiger partial charge in [0.1, 0.15) is 0 Å². The molecule has 0 aliphatic heterocycles. The Balaban J connectivity index is 5.37. The van der Waals surface area contributed by atoms with Gasteiger partial charge in [0.2, 0.25) is 0 Å². The van der Waals surface area contributed by atoms with Gasteiger partial charge in [-0.05, 0) is 0 Å². The molecular formula is C5H2ClF7O2. The van der Waals surface area contributed by atoms with Crippen molar-refractivity contribution in [2.45, 2.75) is 18.0 Å². The summed E-state index contributed by atoms with van der Waals surface area (Å²) in [5.41, 5.74) is -0.638. The topological polar surface area (TPSA) is 29.5 Å². The predicted molar refractivity (Wildman–Crippen MR) is 33.6 cm³/mol. The van der Waals surface area contributed by atoms with Gasteiger partial charge in [-0.1, -0.05) is 11.6 Å². The van der Waals surface area contributed by atoms with Gasteiger partial charge in [-0.3, -0.25) is 0 Å². The van der Waals surface area contributed by atoms with Crippen molar-refractivity contribution >= 4 is 11.6 Å². The molecule has 0 fully saturated rings. The summed E-state index contributed by atoms with van der Waals surface area (Å²) >= 11 is 4.34. The smallest absolute Gasteiger partial charge is 0.246 e. The first-order chi connectivity index (χ1) is 6.54. The Morgan fingerprint density at radius 2 is 1.53 bits per heavy atom. The maximum atomic E-state index is 12.3. The van der Waals surface area contributed by atoms with Gasteiger partial charge in [0.15, 0.2) is 5.83 Å². The summed E-state index contributed by atoms with van der Waals surface area (Å²) in [7, 11) is 0. The summed E-state index contributed by atoms with van der Waals surface area (Å²) in [5, 5.41) is 7.31. The Morgan fingerprint density at radius 1 is 1.13 bits per heavy atom. The molecule has 2 nitrogen and oxygen atoms in total. The molecule has 0 spiro atoms. The molecule has 0 aromatic heterocycles. The molecule has 0 rings (SSSR count). The van der Waals surface area contributed by atoms with Crippen molar-refractivity contribution in [3.8, 4) is 0 Å². The summed E-state index contributed by atoms with van der Waals surface area (Å²) in [6, 6.07) is 0. The van der Waals surface area contributed by atoms with Crippen molar-refractivity contribution in [2.24, 2.45) is 0 Å². The van der Waals surface area contributed by atoms with Crippen molar-refractivity contribution in [1.82, 2.24) is 0 Å².